The van der Waals surface area contributed by atoms with Crippen LogP contribution in [0.4, 0.5) is 4.39 Å². The summed E-state index contributed by atoms with van der Waals surface area (Å²) in [4.78, 5) is 0. The molecular weight excluding hydrogens is 253 g/mol. The molecule has 3 heteroatoms. The van der Waals surface area contributed by atoms with Crippen LogP contribution in [0.2, 0.25) is 0 Å². The molecule has 1 heterocycles. The lowest BCUT2D eigenvalue weighted by atomic mass is 9.93. The number of hydrogen-bond acceptors (Lipinski definition) is 2. The topological polar surface area (TPSA) is 21.3 Å². The molecule has 104 valence electrons. The van der Waals surface area contributed by atoms with E-state index in [-0.39, 0.29) is 18.0 Å². The molecule has 20 heavy (non-hydrogen) atoms. The molecule has 2 unspecified atom stereocenters. The minimum Gasteiger partial charge on any atom is -0.485 e. The summed E-state index contributed by atoms with van der Waals surface area (Å²) in [6.45, 7) is 2.99. The summed E-state index contributed by atoms with van der Waals surface area (Å²) >= 11 is 0. The number of benzene rings is 2. The lowest BCUT2D eigenvalue weighted by molar-refractivity contribution is 0.152. The van der Waals surface area contributed by atoms with Gasteiger partial charge in [0.2, 0.25) is 0 Å². The van der Waals surface area contributed by atoms with E-state index in [1.165, 1.54) is 11.6 Å². The van der Waals surface area contributed by atoms with E-state index in [1.54, 1.807) is 12.1 Å². The maximum Gasteiger partial charge on any atom is 0.126 e. The average molecular weight is 271 g/mol. The maximum atomic E-state index is 13.4. The van der Waals surface area contributed by atoms with Crippen LogP contribution in [0, 0.1) is 5.82 Å². The summed E-state index contributed by atoms with van der Waals surface area (Å²) in [5.74, 6) is 0.670. The molecule has 0 amide bonds. The maximum absolute atomic E-state index is 13.4. The SMILES string of the molecule is CCNC1CC(c2cccc(F)c2)Oc2ccccc21. The van der Waals surface area contributed by atoms with Crippen molar-refractivity contribution in [3.63, 3.8) is 0 Å². The highest BCUT2D eigenvalue weighted by Crippen LogP contribution is 2.40. The van der Waals surface area contributed by atoms with Crippen LogP contribution in [0.5, 0.6) is 5.75 Å². The third-order valence-electron chi connectivity index (χ3n) is 3.68. The van der Waals surface area contributed by atoms with Gasteiger partial charge in [0.15, 0.2) is 0 Å². The lowest BCUT2D eigenvalue weighted by Crippen LogP contribution is -2.29. The number of hydrogen-bond donors (Lipinski definition) is 1. The van der Waals surface area contributed by atoms with Crippen molar-refractivity contribution < 1.29 is 9.13 Å². The zero-order valence-electron chi connectivity index (χ0n) is 11.5. The summed E-state index contributed by atoms with van der Waals surface area (Å²) in [7, 11) is 0. The second-order valence-electron chi connectivity index (χ2n) is 5.05. The molecule has 2 aromatic carbocycles. The van der Waals surface area contributed by atoms with E-state index in [0.29, 0.717) is 0 Å². The predicted octanol–water partition coefficient (Wildman–Crippen LogP) is 4.00. The normalized spacial score (nSPS) is 21.1. The Morgan fingerprint density at radius 2 is 2.05 bits per heavy atom. The Labute approximate surface area is 118 Å². The van der Waals surface area contributed by atoms with Crippen molar-refractivity contribution in [1.82, 2.24) is 5.32 Å². The number of para-hydroxylation sites is 1. The minimum absolute atomic E-state index is 0.107. The van der Waals surface area contributed by atoms with E-state index < -0.39 is 0 Å². The Bertz CT molecular complexity index is 599. The predicted molar refractivity (Wildman–Crippen MR) is 77.2 cm³/mol. The van der Waals surface area contributed by atoms with Gasteiger partial charge in [-0.15, -0.1) is 0 Å². The van der Waals surface area contributed by atoms with Gasteiger partial charge >= 0.3 is 0 Å². The lowest BCUT2D eigenvalue weighted by Gasteiger charge is -2.33. The van der Waals surface area contributed by atoms with Crippen LogP contribution in [0.25, 0.3) is 0 Å². The molecule has 0 fully saturated rings. The van der Waals surface area contributed by atoms with E-state index in [0.717, 1.165) is 24.3 Å². The molecule has 1 aliphatic rings. The van der Waals surface area contributed by atoms with Crippen molar-refractivity contribution in [2.45, 2.75) is 25.5 Å². The first-order chi connectivity index (χ1) is 9.78. The van der Waals surface area contributed by atoms with Gasteiger partial charge in [-0.2, -0.15) is 0 Å². The van der Waals surface area contributed by atoms with E-state index >= 15 is 0 Å². The second-order valence-corrected chi connectivity index (χ2v) is 5.05. The molecule has 2 aromatic rings. The van der Waals surface area contributed by atoms with Crippen LogP contribution in [0.15, 0.2) is 48.5 Å². The van der Waals surface area contributed by atoms with E-state index in [4.69, 9.17) is 4.74 Å². The van der Waals surface area contributed by atoms with Crippen LogP contribution >= 0.6 is 0 Å². The molecule has 1 N–H and O–H groups in total. The summed E-state index contributed by atoms with van der Waals surface area (Å²) in [6.07, 6.45) is 0.707. The van der Waals surface area contributed by atoms with Gasteiger partial charge < -0.3 is 10.1 Å². The minimum atomic E-state index is -0.218. The molecule has 0 spiro atoms. The summed E-state index contributed by atoms with van der Waals surface area (Å²) in [5, 5.41) is 3.48. The van der Waals surface area contributed by atoms with Gasteiger partial charge in [0.1, 0.15) is 17.7 Å². The molecule has 0 aliphatic carbocycles. The Kier molecular flexibility index (Phi) is 3.70. The van der Waals surface area contributed by atoms with Crippen LogP contribution in [-0.2, 0) is 0 Å². The average Bonchev–Trinajstić information content (AvgIpc) is 2.47. The third kappa shape index (κ3) is 2.54. The smallest absolute Gasteiger partial charge is 0.126 e. The molecule has 0 aromatic heterocycles. The van der Waals surface area contributed by atoms with E-state index in [9.17, 15) is 4.39 Å². The standard InChI is InChI=1S/C17H18FNO/c1-2-19-15-11-17(12-6-5-7-13(18)10-12)20-16-9-4-3-8-14(15)16/h3-10,15,17,19H,2,11H2,1H3. The van der Waals surface area contributed by atoms with E-state index in [2.05, 4.69) is 18.3 Å². The summed E-state index contributed by atoms with van der Waals surface area (Å²) in [5.41, 5.74) is 2.07. The van der Waals surface area contributed by atoms with Gasteiger partial charge in [0.25, 0.3) is 0 Å². The monoisotopic (exact) mass is 271 g/mol. The van der Waals surface area contributed by atoms with Crippen molar-refractivity contribution in [3.8, 4) is 5.75 Å². The quantitative estimate of drug-likeness (QED) is 0.911. The van der Waals surface area contributed by atoms with E-state index in [1.807, 2.05) is 24.3 Å². The highest BCUT2D eigenvalue weighted by atomic mass is 19.1. The zero-order valence-corrected chi connectivity index (χ0v) is 11.5. The number of fused-ring (bicyclic) bond motifs is 1. The Hall–Kier alpha value is -1.87. The number of rotatable bonds is 3. The highest BCUT2D eigenvalue weighted by Gasteiger charge is 2.28. The first-order valence-electron chi connectivity index (χ1n) is 7.02. The molecule has 0 bridgehead atoms. The van der Waals surface area contributed by atoms with Gasteiger partial charge in [-0.25, -0.2) is 4.39 Å². The van der Waals surface area contributed by atoms with Gasteiger partial charge in [-0.1, -0.05) is 37.3 Å². The van der Waals surface area contributed by atoms with Crippen LogP contribution in [0.1, 0.15) is 36.6 Å². The molecule has 2 nitrogen and oxygen atoms in total. The van der Waals surface area contributed by atoms with Gasteiger partial charge in [-0.3, -0.25) is 0 Å². The Morgan fingerprint density at radius 3 is 2.85 bits per heavy atom. The number of nitrogens with one attached hydrogen (secondary N) is 1. The molecule has 1 aliphatic heterocycles. The van der Waals surface area contributed by atoms with Crippen molar-refractivity contribution in [3.05, 3.63) is 65.5 Å². The fourth-order valence-electron chi connectivity index (χ4n) is 2.77. The molecule has 3 rings (SSSR count). The van der Waals surface area contributed by atoms with Crippen LogP contribution in [0.3, 0.4) is 0 Å². The van der Waals surface area contributed by atoms with Crippen molar-refractivity contribution in [2.24, 2.45) is 0 Å². The largest absolute Gasteiger partial charge is 0.485 e. The molecule has 2 atom stereocenters. The van der Waals surface area contributed by atoms with Gasteiger partial charge in [0.05, 0.1) is 0 Å². The molecule has 0 saturated heterocycles. The van der Waals surface area contributed by atoms with Crippen molar-refractivity contribution >= 4 is 0 Å². The second kappa shape index (κ2) is 5.63. The number of ether oxygens (including phenoxy) is 1. The van der Waals surface area contributed by atoms with Crippen LogP contribution < -0.4 is 10.1 Å². The number of halogens is 1. The zero-order chi connectivity index (χ0) is 13.9. The van der Waals surface area contributed by atoms with Gasteiger partial charge in [0, 0.05) is 18.0 Å². The summed E-state index contributed by atoms with van der Waals surface area (Å²) in [6, 6.07) is 15.0. The summed E-state index contributed by atoms with van der Waals surface area (Å²) < 4.78 is 19.4. The van der Waals surface area contributed by atoms with Crippen molar-refractivity contribution in [2.75, 3.05) is 6.54 Å². The highest BCUT2D eigenvalue weighted by molar-refractivity contribution is 5.39. The first-order valence-corrected chi connectivity index (χ1v) is 7.02. The molecule has 0 saturated carbocycles. The Balaban J connectivity index is 1.93. The van der Waals surface area contributed by atoms with Crippen molar-refractivity contribution in [1.29, 1.82) is 0 Å². The van der Waals surface area contributed by atoms with Crippen LogP contribution in [-0.4, -0.2) is 6.54 Å². The third-order valence-corrected chi connectivity index (χ3v) is 3.68. The Morgan fingerprint density at radius 1 is 1.20 bits per heavy atom. The first kappa shape index (κ1) is 13.1. The van der Waals surface area contributed by atoms with Gasteiger partial charge in [-0.05, 0) is 30.3 Å². The fourth-order valence-corrected chi connectivity index (χ4v) is 2.77. The molecule has 0 radical (unpaired) electrons. The fraction of sp³-hybridized carbons (Fsp3) is 0.294. The molecular formula is C17H18FNO.